The summed E-state index contributed by atoms with van der Waals surface area (Å²) in [6, 6.07) is 12.8. The molecule has 0 aliphatic heterocycles. The Labute approximate surface area is 179 Å². The molecule has 2 amide bonds. The van der Waals surface area contributed by atoms with Crippen molar-refractivity contribution in [3.8, 4) is 5.95 Å². The standard InChI is InChI=1S/C22H26N6O3/c1-4-17-13-19(29)26-22(24-17)28-18(12-15(3)27-28)25-21(31)20(30)23-14(2)10-11-16-8-6-5-7-9-16/h5-9,12-14H,4,10-11H2,1-3H3,(H,23,30)(H,25,31)(H,24,26,29). The average molecular weight is 422 g/mol. The maximum absolute atomic E-state index is 12.4. The van der Waals surface area contributed by atoms with Crippen LogP contribution in [0.15, 0.2) is 47.3 Å². The molecular formula is C22H26N6O3. The molecule has 0 aliphatic rings. The summed E-state index contributed by atoms with van der Waals surface area (Å²) in [4.78, 5) is 43.6. The Hall–Kier alpha value is -3.75. The van der Waals surface area contributed by atoms with Crippen LogP contribution in [-0.4, -0.2) is 37.6 Å². The fraction of sp³-hybridized carbons (Fsp3) is 0.318. The van der Waals surface area contributed by atoms with Crippen LogP contribution in [0.2, 0.25) is 0 Å². The van der Waals surface area contributed by atoms with Crippen molar-refractivity contribution in [1.29, 1.82) is 0 Å². The zero-order valence-electron chi connectivity index (χ0n) is 17.8. The molecule has 0 fully saturated rings. The Morgan fingerprint density at radius 1 is 1.16 bits per heavy atom. The summed E-state index contributed by atoms with van der Waals surface area (Å²) < 4.78 is 1.31. The second-order valence-corrected chi connectivity index (χ2v) is 7.35. The second kappa shape index (κ2) is 9.84. The smallest absolute Gasteiger partial charge is 0.314 e. The topological polar surface area (TPSA) is 122 Å². The van der Waals surface area contributed by atoms with E-state index in [0.717, 1.165) is 6.42 Å². The molecule has 3 aromatic rings. The molecule has 9 nitrogen and oxygen atoms in total. The number of hydrogen-bond acceptors (Lipinski definition) is 5. The van der Waals surface area contributed by atoms with E-state index in [0.29, 0.717) is 24.2 Å². The zero-order chi connectivity index (χ0) is 22.4. The molecule has 0 aliphatic carbocycles. The molecule has 1 aromatic carbocycles. The number of carbonyl (C=O) groups is 2. The minimum absolute atomic E-state index is 0.171. The summed E-state index contributed by atoms with van der Waals surface area (Å²) in [5.41, 5.74) is 2.03. The quantitative estimate of drug-likeness (QED) is 0.502. The predicted octanol–water partition coefficient (Wildman–Crippen LogP) is 1.90. The predicted molar refractivity (Wildman–Crippen MR) is 117 cm³/mol. The van der Waals surface area contributed by atoms with Crippen molar-refractivity contribution >= 4 is 17.6 Å². The fourth-order valence-corrected chi connectivity index (χ4v) is 3.09. The van der Waals surface area contributed by atoms with Crippen molar-refractivity contribution < 1.29 is 9.59 Å². The fourth-order valence-electron chi connectivity index (χ4n) is 3.09. The highest BCUT2D eigenvalue weighted by atomic mass is 16.2. The van der Waals surface area contributed by atoms with Gasteiger partial charge in [-0.3, -0.25) is 19.4 Å². The summed E-state index contributed by atoms with van der Waals surface area (Å²) in [5.74, 6) is -1.15. The molecular weight excluding hydrogens is 396 g/mol. The third-order valence-corrected chi connectivity index (χ3v) is 4.71. The molecule has 162 valence electrons. The lowest BCUT2D eigenvalue weighted by atomic mass is 10.1. The average Bonchev–Trinajstić information content (AvgIpc) is 3.12. The number of aromatic nitrogens is 4. The summed E-state index contributed by atoms with van der Waals surface area (Å²) in [5, 5.41) is 9.53. The normalized spacial score (nSPS) is 11.7. The van der Waals surface area contributed by atoms with Crippen LogP contribution in [-0.2, 0) is 22.4 Å². The molecule has 31 heavy (non-hydrogen) atoms. The van der Waals surface area contributed by atoms with E-state index in [1.54, 1.807) is 13.0 Å². The minimum atomic E-state index is -0.818. The van der Waals surface area contributed by atoms with Crippen LogP contribution in [0.5, 0.6) is 0 Å². The summed E-state index contributed by atoms with van der Waals surface area (Å²) in [7, 11) is 0. The molecule has 0 bridgehead atoms. The van der Waals surface area contributed by atoms with Crippen molar-refractivity contribution in [1.82, 2.24) is 25.1 Å². The molecule has 3 rings (SSSR count). The van der Waals surface area contributed by atoms with E-state index in [1.165, 1.54) is 16.3 Å². The number of aromatic amines is 1. The minimum Gasteiger partial charge on any atom is -0.345 e. The maximum Gasteiger partial charge on any atom is 0.314 e. The number of hydrogen-bond donors (Lipinski definition) is 3. The van der Waals surface area contributed by atoms with E-state index in [4.69, 9.17) is 0 Å². The number of H-pyrrole nitrogens is 1. The van der Waals surface area contributed by atoms with Gasteiger partial charge in [-0.2, -0.15) is 9.78 Å². The SMILES string of the molecule is CCc1cc(=O)[nH]c(-n2nc(C)cc2NC(=O)C(=O)NC(C)CCc2ccccc2)n1. The monoisotopic (exact) mass is 422 g/mol. The molecule has 3 N–H and O–H groups in total. The van der Waals surface area contributed by atoms with Crippen LogP contribution in [0.3, 0.4) is 0 Å². The number of benzene rings is 1. The third-order valence-electron chi connectivity index (χ3n) is 4.71. The number of aryl methyl sites for hydroxylation is 3. The van der Waals surface area contributed by atoms with Crippen LogP contribution in [0.4, 0.5) is 5.82 Å². The van der Waals surface area contributed by atoms with Crippen molar-refractivity contribution in [2.75, 3.05) is 5.32 Å². The molecule has 9 heteroatoms. The van der Waals surface area contributed by atoms with E-state index in [2.05, 4.69) is 25.7 Å². The third kappa shape index (κ3) is 5.88. The molecule has 0 spiro atoms. The van der Waals surface area contributed by atoms with Gasteiger partial charge in [0.15, 0.2) is 0 Å². The van der Waals surface area contributed by atoms with Gasteiger partial charge in [0.1, 0.15) is 5.82 Å². The summed E-state index contributed by atoms with van der Waals surface area (Å²) in [6.07, 6.45) is 2.07. The molecule has 2 heterocycles. The van der Waals surface area contributed by atoms with Gasteiger partial charge < -0.3 is 10.6 Å². The van der Waals surface area contributed by atoms with E-state index < -0.39 is 11.8 Å². The van der Waals surface area contributed by atoms with Crippen LogP contribution in [0, 0.1) is 6.92 Å². The van der Waals surface area contributed by atoms with Gasteiger partial charge in [0.25, 0.3) is 5.56 Å². The van der Waals surface area contributed by atoms with Crippen molar-refractivity contribution in [3.05, 3.63) is 69.8 Å². The highest BCUT2D eigenvalue weighted by molar-refractivity contribution is 6.39. The Balaban J connectivity index is 1.66. The van der Waals surface area contributed by atoms with Gasteiger partial charge in [-0.15, -0.1) is 0 Å². The van der Waals surface area contributed by atoms with Gasteiger partial charge in [-0.1, -0.05) is 37.3 Å². The molecule has 0 saturated carbocycles. The van der Waals surface area contributed by atoms with Crippen LogP contribution >= 0.6 is 0 Å². The zero-order valence-corrected chi connectivity index (χ0v) is 17.8. The summed E-state index contributed by atoms with van der Waals surface area (Å²) >= 11 is 0. The van der Waals surface area contributed by atoms with Crippen LogP contribution in [0.25, 0.3) is 5.95 Å². The Kier molecular flexibility index (Phi) is 6.96. The lowest BCUT2D eigenvalue weighted by molar-refractivity contribution is -0.136. The number of carbonyl (C=O) groups excluding carboxylic acids is 2. The lowest BCUT2D eigenvalue weighted by Gasteiger charge is -2.14. The van der Waals surface area contributed by atoms with Gasteiger partial charge in [-0.05, 0) is 38.7 Å². The molecule has 1 unspecified atom stereocenters. The van der Waals surface area contributed by atoms with Crippen molar-refractivity contribution in [2.45, 2.75) is 46.1 Å². The van der Waals surface area contributed by atoms with E-state index in [-0.39, 0.29) is 23.4 Å². The molecule has 0 radical (unpaired) electrons. The van der Waals surface area contributed by atoms with Gasteiger partial charge in [0.05, 0.1) is 5.69 Å². The van der Waals surface area contributed by atoms with E-state index in [1.807, 2.05) is 44.2 Å². The summed E-state index contributed by atoms with van der Waals surface area (Å²) in [6.45, 7) is 5.47. The van der Waals surface area contributed by atoms with Crippen molar-refractivity contribution in [3.63, 3.8) is 0 Å². The molecule has 0 saturated heterocycles. The van der Waals surface area contributed by atoms with Crippen LogP contribution < -0.4 is 16.2 Å². The van der Waals surface area contributed by atoms with E-state index >= 15 is 0 Å². The Bertz CT molecular complexity index is 1120. The van der Waals surface area contributed by atoms with Gasteiger partial charge >= 0.3 is 11.8 Å². The maximum atomic E-state index is 12.4. The lowest BCUT2D eigenvalue weighted by Crippen LogP contribution is -2.41. The van der Waals surface area contributed by atoms with Gasteiger partial charge in [0, 0.05) is 23.9 Å². The van der Waals surface area contributed by atoms with Crippen LogP contribution in [0.1, 0.15) is 37.2 Å². The number of nitrogens with one attached hydrogen (secondary N) is 3. The number of nitrogens with zero attached hydrogens (tertiary/aromatic N) is 3. The number of anilines is 1. The first-order valence-electron chi connectivity index (χ1n) is 10.2. The number of rotatable bonds is 7. The van der Waals surface area contributed by atoms with Gasteiger partial charge in [0.2, 0.25) is 5.95 Å². The van der Waals surface area contributed by atoms with Crippen molar-refractivity contribution in [2.24, 2.45) is 0 Å². The first kappa shape index (κ1) is 21.9. The highest BCUT2D eigenvalue weighted by Gasteiger charge is 2.20. The van der Waals surface area contributed by atoms with E-state index in [9.17, 15) is 14.4 Å². The Morgan fingerprint density at radius 3 is 2.61 bits per heavy atom. The van der Waals surface area contributed by atoms with Gasteiger partial charge in [-0.25, -0.2) is 4.98 Å². The molecule has 2 aromatic heterocycles. The number of amides is 2. The largest absolute Gasteiger partial charge is 0.345 e. The Morgan fingerprint density at radius 2 is 1.90 bits per heavy atom. The first-order chi connectivity index (χ1) is 14.9. The molecule has 1 atom stereocenters. The highest BCUT2D eigenvalue weighted by Crippen LogP contribution is 2.14. The second-order valence-electron chi connectivity index (χ2n) is 7.35. The first-order valence-corrected chi connectivity index (χ1v) is 10.2.